The molecule has 164 valence electrons. The van der Waals surface area contributed by atoms with E-state index in [2.05, 4.69) is 15.3 Å². The highest BCUT2D eigenvalue weighted by atomic mass is 16.5. The first-order valence-corrected chi connectivity index (χ1v) is 10.1. The summed E-state index contributed by atoms with van der Waals surface area (Å²) in [6, 6.07) is 11.9. The van der Waals surface area contributed by atoms with Crippen molar-refractivity contribution in [2.24, 2.45) is 0 Å². The largest absolute Gasteiger partial charge is 0.487 e. The van der Waals surface area contributed by atoms with Gasteiger partial charge in [-0.25, -0.2) is 9.97 Å². The summed E-state index contributed by atoms with van der Waals surface area (Å²) in [6.07, 6.45) is 3.56. The molecule has 8 nitrogen and oxygen atoms in total. The zero-order valence-corrected chi connectivity index (χ0v) is 18.4. The van der Waals surface area contributed by atoms with E-state index in [4.69, 9.17) is 9.47 Å². The van der Waals surface area contributed by atoms with Crippen LogP contribution in [0, 0.1) is 0 Å². The summed E-state index contributed by atoms with van der Waals surface area (Å²) < 4.78 is 12.2. The second-order valence-electron chi connectivity index (χ2n) is 8.36. The molecular formula is C24H24N4O4. The van der Waals surface area contributed by atoms with Gasteiger partial charge in [0.15, 0.2) is 0 Å². The number of fused-ring (bicyclic) bond motifs is 1. The predicted molar refractivity (Wildman–Crippen MR) is 119 cm³/mol. The number of carbonyl (C=O) groups excluding carboxylic acids is 2. The van der Waals surface area contributed by atoms with E-state index in [0.29, 0.717) is 40.6 Å². The van der Waals surface area contributed by atoms with Gasteiger partial charge in [-0.05, 0) is 56.3 Å². The van der Waals surface area contributed by atoms with Crippen molar-refractivity contribution in [2.45, 2.75) is 25.9 Å². The summed E-state index contributed by atoms with van der Waals surface area (Å²) >= 11 is 0. The molecule has 1 N–H and O–H groups in total. The van der Waals surface area contributed by atoms with E-state index in [1.165, 1.54) is 11.2 Å². The highest BCUT2D eigenvalue weighted by Crippen LogP contribution is 2.43. The molecule has 2 heterocycles. The third-order valence-electron chi connectivity index (χ3n) is 4.98. The van der Waals surface area contributed by atoms with Gasteiger partial charge in [-0.2, -0.15) is 0 Å². The van der Waals surface area contributed by atoms with Crippen LogP contribution in [0.1, 0.15) is 40.1 Å². The van der Waals surface area contributed by atoms with Crippen LogP contribution in [0.5, 0.6) is 17.2 Å². The number of benzene rings is 2. The molecule has 4 rings (SSSR count). The first-order chi connectivity index (χ1) is 15.2. The molecule has 0 bridgehead atoms. The van der Waals surface area contributed by atoms with Crippen molar-refractivity contribution in [2.75, 3.05) is 19.4 Å². The molecule has 0 aliphatic carbocycles. The molecule has 8 heteroatoms. The minimum absolute atomic E-state index is 0.0871. The molecule has 0 spiro atoms. The maximum absolute atomic E-state index is 12.8. The Bertz CT molecular complexity index is 1160. The number of amides is 2. The van der Waals surface area contributed by atoms with Crippen molar-refractivity contribution in [1.29, 1.82) is 0 Å². The van der Waals surface area contributed by atoms with Gasteiger partial charge in [0.05, 0.1) is 0 Å². The van der Waals surface area contributed by atoms with Gasteiger partial charge in [0.25, 0.3) is 11.8 Å². The first-order valence-electron chi connectivity index (χ1n) is 10.1. The number of rotatable bonds is 5. The summed E-state index contributed by atoms with van der Waals surface area (Å²) in [5, 5.41) is 2.75. The Labute approximate surface area is 186 Å². The maximum atomic E-state index is 12.8. The quantitative estimate of drug-likeness (QED) is 0.656. The highest BCUT2D eigenvalue weighted by Gasteiger charge is 2.34. The van der Waals surface area contributed by atoms with Gasteiger partial charge in [-0.15, -0.1) is 0 Å². The van der Waals surface area contributed by atoms with Crippen molar-refractivity contribution in [3.05, 3.63) is 71.7 Å². The second-order valence-corrected chi connectivity index (χ2v) is 8.36. The minimum Gasteiger partial charge on any atom is -0.487 e. The van der Waals surface area contributed by atoms with Crippen molar-refractivity contribution in [1.82, 2.24) is 14.9 Å². The monoisotopic (exact) mass is 432 g/mol. The molecule has 32 heavy (non-hydrogen) atoms. The number of ether oxygens (including phenoxy) is 2. The predicted octanol–water partition coefficient (Wildman–Crippen LogP) is 3.94. The highest BCUT2D eigenvalue weighted by molar-refractivity contribution is 6.04. The normalized spacial score (nSPS) is 13.6. The summed E-state index contributed by atoms with van der Waals surface area (Å²) in [4.78, 5) is 34.4. The summed E-state index contributed by atoms with van der Waals surface area (Å²) in [5.41, 5.74) is 1.43. The zero-order valence-electron chi connectivity index (χ0n) is 18.4. The summed E-state index contributed by atoms with van der Waals surface area (Å²) in [7, 11) is 3.41. The molecule has 1 aliphatic heterocycles. The lowest BCUT2D eigenvalue weighted by Gasteiger charge is -2.16. The first kappa shape index (κ1) is 21.3. The lowest BCUT2D eigenvalue weighted by atomic mass is 9.99. The molecule has 1 aromatic heterocycles. The molecule has 0 saturated carbocycles. The maximum Gasteiger partial charge on any atom is 0.257 e. The van der Waals surface area contributed by atoms with Gasteiger partial charge in [0, 0.05) is 43.4 Å². The van der Waals surface area contributed by atoms with Crippen LogP contribution in [0.2, 0.25) is 0 Å². The van der Waals surface area contributed by atoms with Gasteiger partial charge in [0.1, 0.15) is 35.0 Å². The third kappa shape index (κ3) is 4.54. The molecule has 0 saturated heterocycles. The van der Waals surface area contributed by atoms with Crippen LogP contribution in [-0.4, -0.2) is 46.4 Å². The number of hydrogen-bond acceptors (Lipinski definition) is 6. The Morgan fingerprint density at radius 1 is 1.09 bits per heavy atom. The molecular weight excluding hydrogens is 408 g/mol. The van der Waals surface area contributed by atoms with E-state index >= 15 is 0 Å². The standard InChI is InChI=1S/C24H24N4O4/c1-24(2)13-18-19(31-17-7-5-15(6-8-17)23(30)28(3)4)11-16(12-20(18)32-24)22(29)27-21-9-10-25-14-26-21/h5-12,14H,13H2,1-4H3,(H,25,26,27,29). The zero-order chi connectivity index (χ0) is 22.9. The van der Waals surface area contributed by atoms with Crippen LogP contribution in [-0.2, 0) is 6.42 Å². The molecule has 1 aliphatic rings. The number of carbonyl (C=O) groups is 2. The van der Waals surface area contributed by atoms with Crippen molar-refractivity contribution < 1.29 is 19.1 Å². The smallest absolute Gasteiger partial charge is 0.257 e. The van der Waals surface area contributed by atoms with E-state index in [-0.39, 0.29) is 11.8 Å². The van der Waals surface area contributed by atoms with E-state index in [0.717, 1.165) is 5.56 Å². The van der Waals surface area contributed by atoms with Crippen molar-refractivity contribution in [3.8, 4) is 17.2 Å². The Balaban J connectivity index is 1.64. The Morgan fingerprint density at radius 2 is 1.84 bits per heavy atom. The average Bonchev–Trinajstić information content (AvgIpc) is 3.08. The lowest BCUT2D eigenvalue weighted by Crippen LogP contribution is -2.24. The molecule has 0 fully saturated rings. The Kier molecular flexibility index (Phi) is 5.52. The van der Waals surface area contributed by atoms with Crippen LogP contribution >= 0.6 is 0 Å². The topological polar surface area (TPSA) is 93.7 Å². The average molecular weight is 432 g/mol. The Morgan fingerprint density at radius 3 is 2.50 bits per heavy atom. The molecule has 0 radical (unpaired) electrons. The van der Waals surface area contributed by atoms with Crippen LogP contribution in [0.25, 0.3) is 0 Å². The Hall–Kier alpha value is -3.94. The van der Waals surface area contributed by atoms with E-state index in [9.17, 15) is 9.59 Å². The molecule has 2 amide bonds. The van der Waals surface area contributed by atoms with Gasteiger partial charge in [-0.1, -0.05) is 0 Å². The van der Waals surface area contributed by atoms with Crippen LogP contribution in [0.4, 0.5) is 5.82 Å². The van der Waals surface area contributed by atoms with Gasteiger partial charge >= 0.3 is 0 Å². The number of anilines is 1. The van der Waals surface area contributed by atoms with Gasteiger partial charge < -0.3 is 19.7 Å². The van der Waals surface area contributed by atoms with Crippen molar-refractivity contribution in [3.63, 3.8) is 0 Å². The van der Waals surface area contributed by atoms with Crippen molar-refractivity contribution >= 4 is 17.6 Å². The van der Waals surface area contributed by atoms with E-state index in [1.807, 2.05) is 13.8 Å². The summed E-state index contributed by atoms with van der Waals surface area (Å²) in [6.45, 7) is 3.97. The molecule has 3 aromatic rings. The number of nitrogens with zero attached hydrogens (tertiary/aromatic N) is 3. The fourth-order valence-corrected chi connectivity index (χ4v) is 3.47. The second kappa shape index (κ2) is 8.30. The number of hydrogen-bond donors (Lipinski definition) is 1. The number of nitrogens with one attached hydrogen (secondary N) is 1. The van der Waals surface area contributed by atoms with Crippen LogP contribution < -0.4 is 14.8 Å². The lowest BCUT2D eigenvalue weighted by molar-refractivity contribution is 0.0827. The third-order valence-corrected chi connectivity index (χ3v) is 4.98. The van der Waals surface area contributed by atoms with Gasteiger partial charge in [0.2, 0.25) is 0 Å². The number of aromatic nitrogens is 2. The summed E-state index contributed by atoms with van der Waals surface area (Å²) in [5.74, 6) is 1.68. The van der Waals surface area contributed by atoms with E-state index in [1.54, 1.807) is 62.8 Å². The minimum atomic E-state index is -0.413. The van der Waals surface area contributed by atoms with Crippen LogP contribution in [0.3, 0.4) is 0 Å². The fourth-order valence-electron chi connectivity index (χ4n) is 3.47. The molecule has 0 atom stereocenters. The molecule has 0 unspecified atom stereocenters. The molecule has 2 aromatic carbocycles. The fraction of sp³-hybridized carbons (Fsp3) is 0.250. The SMILES string of the molecule is CN(C)C(=O)c1ccc(Oc2cc(C(=O)Nc3ccncn3)cc3c2CC(C)(C)O3)cc1. The van der Waals surface area contributed by atoms with E-state index < -0.39 is 5.60 Å². The van der Waals surface area contributed by atoms with Gasteiger partial charge in [-0.3, -0.25) is 9.59 Å². The van der Waals surface area contributed by atoms with Crippen LogP contribution in [0.15, 0.2) is 55.0 Å².